The number of benzene rings is 1. The van der Waals surface area contributed by atoms with Crippen molar-refractivity contribution < 1.29 is 10.6 Å². The van der Waals surface area contributed by atoms with Gasteiger partial charge in [-0.25, -0.2) is 0 Å². The third-order valence-electron chi connectivity index (χ3n) is 2.27. The van der Waals surface area contributed by atoms with E-state index in [9.17, 15) is 0 Å². The van der Waals surface area contributed by atoms with Crippen molar-refractivity contribution in [3.05, 3.63) is 34.9 Å². The van der Waals surface area contributed by atoms with Gasteiger partial charge in [0.25, 0.3) is 0 Å². The minimum Gasteiger partial charge on any atom is -0.352 e. The third-order valence-corrected chi connectivity index (χ3v) is 2.61. The summed E-state index contributed by atoms with van der Waals surface area (Å²) in [5.74, 6) is 0. The molecule has 1 aromatic carbocycles. The summed E-state index contributed by atoms with van der Waals surface area (Å²) < 4.78 is 0. The number of rotatable bonds is 3. The smallest absolute Gasteiger partial charge is 0.164 e. The molecule has 0 aliphatic heterocycles. The zero-order valence-corrected chi connectivity index (χ0v) is 8.93. The van der Waals surface area contributed by atoms with Gasteiger partial charge in [0, 0.05) is 10.6 Å². The molecule has 1 aromatic rings. The van der Waals surface area contributed by atoms with Gasteiger partial charge in [-0.15, -0.1) is 0 Å². The van der Waals surface area contributed by atoms with E-state index in [1.807, 2.05) is 18.2 Å². The molecule has 13 heavy (non-hydrogen) atoms. The highest BCUT2D eigenvalue weighted by atomic mass is 35.5. The highest BCUT2D eigenvalue weighted by Gasteiger charge is 2.19. The van der Waals surface area contributed by atoms with Crippen LogP contribution in [0.5, 0.6) is 0 Å². The van der Waals surface area contributed by atoms with E-state index in [1.165, 1.54) is 10.5 Å². The van der Waals surface area contributed by atoms with Gasteiger partial charge in [-0.2, -0.15) is 0 Å². The average Bonchev–Trinajstić information content (AvgIpc) is 2.09. The summed E-state index contributed by atoms with van der Waals surface area (Å²) in [5, 5.41) is 0.845. The van der Waals surface area contributed by atoms with Crippen LogP contribution in [-0.2, 0) is 0 Å². The summed E-state index contributed by atoms with van der Waals surface area (Å²) in [4.78, 5) is 1.36. The molecule has 4 N–H and O–H groups in total. The Morgan fingerprint density at radius 1 is 1.38 bits per heavy atom. The summed E-state index contributed by atoms with van der Waals surface area (Å²) in [7, 11) is 4.25. The minimum absolute atomic E-state index is 0.397. The Kier molecular flexibility index (Phi) is 3.72. The van der Waals surface area contributed by atoms with Gasteiger partial charge in [0.2, 0.25) is 0 Å². The van der Waals surface area contributed by atoms with Gasteiger partial charge < -0.3 is 10.6 Å². The van der Waals surface area contributed by atoms with Crippen molar-refractivity contribution in [2.24, 2.45) is 0 Å². The number of likely N-dealkylation sites (N-methyl/N-ethyl adjacent to an activating group) is 1. The SMILES string of the molecule is C[NH+](C)[C@@H](C[NH3+])c1ccccc1Cl. The van der Waals surface area contributed by atoms with Gasteiger partial charge in [0.1, 0.15) is 6.54 Å². The van der Waals surface area contributed by atoms with E-state index in [1.54, 1.807) is 0 Å². The Morgan fingerprint density at radius 2 is 2.00 bits per heavy atom. The van der Waals surface area contributed by atoms with Crippen molar-refractivity contribution >= 4 is 11.6 Å². The lowest BCUT2D eigenvalue weighted by atomic mass is 10.1. The predicted molar refractivity (Wildman–Crippen MR) is 54.8 cm³/mol. The zero-order chi connectivity index (χ0) is 9.84. The quantitative estimate of drug-likeness (QED) is 0.676. The molecule has 0 spiro atoms. The van der Waals surface area contributed by atoms with E-state index in [4.69, 9.17) is 11.6 Å². The third kappa shape index (κ3) is 2.44. The van der Waals surface area contributed by atoms with Crippen LogP contribution in [0.1, 0.15) is 11.6 Å². The van der Waals surface area contributed by atoms with Gasteiger partial charge in [0.15, 0.2) is 6.04 Å². The van der Waals surface area contributed by atoms with E-state index >= 15 is 0 Å². The number of nitrogens with one attached hydrogen (secondary N) is 1. The fourth-order valence-corrected chi connectivity index (χ4v) is 1.78. The Morgan fingerprint density at radius 3 is 2.46 bits per heavy atom. The highest BCUT2D eigenvalue weighted by Crippen LogP contribution is 2.19. The molecule has 0 saturated carbocycles. The summed E-state index contributed by atoms with van der Waals surface area (Å²) in [6.45, 7) is 0.867. The molecule has 0 fully saturated rings. The van der Waals surface area contributed by atoms with Crippen LogP contribution in [-0.4, -0.2) is 20.6 Å². The van der Waals surface area contributed by atoms with Crippen molar-refractivity contribution in [1.29, 1.82) is 0 Å². The number of hydrogen-bond acceptors (Lipinski definition) is 0. The van der Waals surface area contributed by atoms with E-state index < -0.39 is 0 Å². The molecule has 0 saturated heterocycles. The number of quaternary nitrogens is 2. The Hall–Kier alpha value is -0.570. The first-order chi connectivity index (χ1) is 6.16. The molecule has 0 radical (unpaired) electrons. The summed E-state index contributed by atoms with van der Waals surface area (Å²) >= 11 is 6.10. The van der Waals surface area contributed by atoms with E-state index in [0.717, 1.165) is 11.6 Å². The van der Waals surface area contributed by atoms with E-state index in [-0.39, 0.29) is 0 Å². The zero-order valence-electron chi connectivity index (χ0n) is 8.18. The Labute approximate surface area is 84.3 Å². The first-order valence-electron chi connectivity index (χ1n) is 4.50. The molecule has 1 rings (SSSR count). The molecule has 0 aromatic heterocycles. The molecular formula is C10H17ClN2+2. The Bertz CT molecular complexity index is 273. The number of halogens is 1. The van der Waals surface area contributed by atoms with Gasteiger partial charge >= 0.3 is 0 Å². The lowest BCUT2D eigenvalue weighted by Gasteiger charge is -2.19. The van der Waals surface area contributed by atoms with Crippen LogP contribution in [0.25, 0.3) is 0 Å². The van der Waals surface area contributed by atoms with Crippen LogP contribution in [0.15, 0.2) is 24.3 Å². The van der Waals surface area contributed by atoms with Crippen molar-refractivity contribution in [2.45, 2.75) is 6.04 Å². The minimum atomic E-state index is 0.397. The lowest BCUT2D eigenvalue weighted by Crippen LogP contribution is -3.08. The van der Waals surface area contributed by atoms with Crippen molar-refractivity contribution in [3.63, 3.8) is 0 Å². The van der Waals surface area contributed by atoms with Crippen molar-refractivity contribution in [3.8, 4) is 0 Å². The van der Waals surface area contributed by atoms with Crippen LogP contribution in [0.2, 0.25) is 5.02 Å². The summed E-state index contributed by atoms with van der Waals surface area (Å²) in [6.07, 6.45) is 0. The maximum Gasteiger partial charge on any atom is 0.164 e. The van der Waals surface area contributed by atoms with Crippen LogP contribution in [0.3, 0.4) is 0 Å². The molecule has 1 atom stereocenters. The van der Waals surface area contributed by atoms with Crippen LogP contribution in [0.4, 0.5) is 0 Å². The van der Waals surface area contributed by atoms with Crippen LogP contribution in [0, 0.1) is 0 Å². The molecule has 0 amide bonds. The Balaban J connectivity index is 2.97. The highest BCUT2D eigenvalue weighted by molar-refractivity contribution is 6.31. The first kappa shape index (κ1) is 10.5. The largest absolute Gasteiger partial charge is 0.352 e. The molecule has 0 aliphatic rings. The molecule has 0 aliphatic carbocycles. The van der Waals surface area contributed by atoms with E-state index in [2.05, 4.69) is 25.9 Å². The van der Waals surface area contributed by atoms with E-state index in [0.29, 0.717) is 6.04 Å². The molecule has 2 nitrogen and oxygen atoms in total. The van der Waals surface area contributed by atoms with Gasteiger partial charge in [0.05, 0.1) is 14.1 Å². The maximum atomic E-state index is 6.10. The summed E-state index contributed by atoms with van der Waals surface area (Å²) in [6, 6.07) is 8.38. The van der Waals surface area contributed by atoms with Gasteiger partial charge in [-0.05, 0) is 6.07 Å². The maximum absolute atomic E-state index is 6.10. The second kappa shape index (κ2) is 4.61. The van der Waals surface area contributed by atoms with Crippen molar-refractivity contribution in [2.75, 3.05) is 20.6 Å². The second-order valence-electron chi connectivity index (χ2n) is 3.44. The molecule has 3 heteroatoms. The molecule has 0 bridgehead atoms. The van der Waals surface area contributed by atoms with Crippen LogP contribution >= 0.6 is 11.6 Å². The molecule has 72 valence electrons. The van der Waals surface area contributed by atoms with Gasteiger partial charge in [-0.1, -0.05) is 29.8 Å². The van der Waals surface area contributed by atoms with Crippen LogP contribution < -0.4 is 10.6 Å². The first-order valence-corrected chi connectivity index (χ1v) is 4.88. The monoisotopic (exact) mass is 200 g/mol. The normalized spacial score (nSPS) is 13.3. The molecular weight excluding hydrogens is 184 g/mol. The van der Waals surface area contributed by atoms with Gasteiger partial charge in [-0.3, -0.25) is 0 Å². The standard InChI is InChI=1S/C10H15ClN2/c1-13(2)10(7-12)8-5-3-4-6-9(8)11/h3-6,10H,7,12H2,1-2H3/p+2/t10-/m0/s1. The fourth-order valence-electron chi connectivity index (χ4n) is 1.51. The molecule has 0 heterocycles. The van der Waals surface area contributed by atoms with Crippen molar-refractivity contribution in [1.82, 2.24) is 0 Å². The number of hydrogen-bond donors (Lipinski definition) is 2. The topological polar surface area (TPSA) is 32.1 Å². The second-order valence-corrected chi connectivity index (χ2v) is 3.85. The fraction of sp³-hybridized carbons (Fsp3) is 0.400. The lowest BCUT2D eigenvalue weighted by molar-refractivity contribution is -0.899. The summed E-state index contributed by atoms with van der Waals surface area (Å²) in [5.41, 5.74) is 5.14. The molecule has 0 unspecified atom stereocenters. The predicted octanol–water partition coefficient (Wildman–Crippen LogP) is -0.232. The average molecular weight is 201 g/mol.